The van der Waals surface area contributed by atoms with Crippen molar-refractivity contribution in [2.45, 2.75) is 48.9 Å². The van der Waals surface area contributed by atoms with Gasteiger partial charge in [-0.05, 0) is 48.0 Å². The van der Waals surface area contributed by atoms with Crippen LogP contribution in [0, 0.1) is 0 Å². The minimum Gasteiger partial charge on any atom is -0.452 e. The fourth-order valence-corrected chi connectivity index (χ4v) is 5.54. The third-order valence-corrected chi connectivity index (χ3v) is 7.06. The Balaban J connectivity index is 2.07. The second-order valence-electron chi connectivity index (χ2n) is 5.12. The van der Waals surface area contributed by atoms with Gasteiger partial charge in [0.05, 0.1) is 6.54 Å². The molecule has 0 radical (unpaired) electrons. The van der Waals surface area contributed by atoms with E-state index in [-0.39, 0.29) is 15.6 Å². The highest BCUT2D eigenvalue weighted by molar-refractivity contribution is 9.10. The van der Waals surface area contributed by atoms with Gasteiger partial charge in [-0.3, -0.25) is 0 Å². The molecule has 1 aliphatic rings. The summed E-state index contributed by atoms with van der Waals surface area (Å²) in [5.41, 5.74) is 0. The molecule has 1 aliphatic carbocycles. The summed E-state index contributed by atoms with van der Waals surface area (Å²) in [4.78, 5) is 0.183. The Bertz CT molecular complexity index is 574. The van der Waals surface area contributed by atoms with Gasteiger partial charge in [-0.2, -0.15) is 11.8 Å². The molecule has 1 heterocycles. The van der Waals surface area contributed by atoms with E-state index in [4.69, 9.17) is 4.42 Å². The van der Waals surface area contributed by atoms with Gasteiger partial charge in [0, 0.05) is 17.4 Å². The average molecular weight is 397 g/mol. The first kappa shape index (κ1) is 17.3. The van der Waals surface area contributed by atoms with Crippen molar-refractivity contribution in [2.75, 3.05) is 12.8 Å². The number of hydrogen-bond acceptors (Lipinski definition) is 5. The van der Waals surface area contributed by atoms with Crippen LogP contribution >= 0.6 is 27.7 Å². The molecule has 2 rings (SSSR count). The molecule has 0 bridgehead atoms. The molecule has 1 fully saturated rings. The molecule has 1 saturated carbocycles. The predicted octanol–water partition coefficient (Wildman–Crippen LogP) is 2.71. The molecule has 2 unspecified atom stereocenters. The molecule has 8 heteroatoms. The number of rotatable bonds is 7. The maximum absolute atomic E-state index is 12.5. The molecule has 0 saturated heterocycles. The lowest BCUT2D eigenvalue weighted by molar-refractivity contribution is 0.463. The molecular formula is C13H21BrN2O3S2. The number of thioether (sulfide) groups is 1. The molecule has 0 spiro atoms. The van der Waals surface area contributed by atoms with Gasteiger partial charge in [-0.25, -0.2) is 13.1 Å². The number of sulfonamides is 1. The highest BCUT2D eigenvalue weighted by atomic mass is 79.9. The first-order chi connectivity index (χ1) is 9.96. The number of hydrogen-bond donors (Lipinski definition) is 2. The van der Waals surface area contributed by atoms with Crippen LogP contribution in [0.5, 0.6) is 0 Å². The summed E-state index contributed by atoms with van der Waals surface area (Å²) in [5, 5.41) is 3.66. The number of halogens is 1. The predicted molar refractivity (Wildman–Crippen MR) is 89.1 cm³/mol. The summed E-state index contributed by atoms with van der Waals surface area (Å²) in [6.45, 7) is 3.30. The lowest BCUT2D eigenvalue weighted by Crippen LogP contribution is -2.33. The molecule has 0 amide bonds. The van der Waals surface area contributed by atoms with E-state index in [1.807, 2.05) is 6.92 Å². The Hall–Kier alpha value is -0.0200. The van der Waals surface area contributed by atoms with Crippen LogP contribution in [0.2, 0.25) is 0 Å². The van der Waals surface area contributed by atoms with Crippen LogP contribution in [-0.2, 0) is 16.6 Å². The summed E-state index contributed by atoms with van der Waals surface area (Å²) in [6, 6.07) is 1.60. The highest BCUT2D eigenvalue weighted by Gasteiger charge is 2.30. The fraction of sp³-hybridized carbons (Fsp3) is 0.692. The lowest BCUT2D eigenvalue weighted by Gasteiger charge is -2.12. The Kier molecular flexibility index (Phi) is 6.19. The lowest BCUT2D eigenvalue weighted by atomic mass is 10.3. The van der Waals surface area contributed by atoms with E-state index < -0.39 is 10.0 Å². The van der Waals surface area contributed by atoms with Gasteiger partial charge in [0.15, 0.2) is 4.67 Å². The Morgan fingerprint density at radius 3 is 2.86 bits per heavy atom. The topological polar surface area (TPSA) is 71.3 Å². The molecule has 5 nitrogen and oxygen atoms in total. The van der Waals surface area contributed by atoms with Crippen molar-refractivity contribution in [3.63, 3.8) is 0 Å². The number of nitrogens with one attached hydrogen (secondary N) is 2. The first-order valence-electron chi connectivity index (χ1n) is 7.00. The third kappa shape index (κ3) is 4.48. The van der Waals surface area contributed by atoms with Crippen LogP contribution in [0.15, 0.2) is 20.0 Å². The summed E-state index contributed by atoms with van der Waals surface area (Å²) >= 11 is 5.01. The maximum Gasteiger partial charge on any atom is 0.245 e. The third-order valence-electron chi connectivity index (χ3n) is 3.58. The van der Waals surface area contributed by atoms with E-state index in [9.17, 15) is 8.42 Å². The van der Waals surface area contributed by atoms with Crippen molar-refractivity contribution in [1.82, 2.24) is 10.0 Å². The van der Waals surface area contributed by atoms with Crippen LogP contribution in [0.1, 0.15) is 31.9 Å². The van der Waals surface area contributed by atoms with Crippen molar-refractivity contribution in [2.24, 2.45) is 0 Å². The largest absolute Gasteiger partial charge is 0.452 e. The van der Waals surface area contributed by atoms with E-state index >= 15 is 0 Å². The zero-order valence-electron chi connectivity index (χ0n) is 12.2. The molecule has 120 valence electrons. The van der Waals surface area contributed by atoms with Gasteiger partial charge in [-0.1, -0.05) is 6.92 Å². The summed E-state index contributed by atoms with van der Waals surface area (Å²) in [7, 11) is -3.54. The van der Waals surface area contributed by atoms with Gasteiger partial charge in [0.2, 0.25) is 10.0 Å². The van der Waals surface area contributed by atoms with E-state index in [2.05, 4.69) is 32.2 Å². The quantitative estimate of drug-likeness (QED) is 0.740. The van der Waals surface area contributed by atoms with Crippen molar-refractivity contribution in [1.29, 1.82) is 0 Å². The second kappa shape index (κ2) is 7.50. The average Bonchev–Trinajstić information content (AvgIpc) is 3.02. The van der Waals surface area contributed by atoms with E-state index in [0.717, 1.165) is 25.8 Å². The zero-order chi connectivity index (χ0) is 15.5. The Morgan fingerprint density at radius 1 is 1.48 bits per heavy atom. The van der Waals surface area contributed by atoms with Crippen molar-refractivity contribution in [3.05, 3.63) is 16.5 Å². The van der Waals surface area contributed by atoms with Crippen LogP contribution in [-0.4, -0.2) is 32.5 Å². The minimum absolute atomic E-state index is 0.0199. The van der Waals surface area contributed by atoms with Gasteiger partial charge in [0.25, 0.3) is 0 Å². The summed E-state index contributed by atoms with van der Waals surface area (Å²) in [6.07, 6.45) is 4.92. The van der Waals surface area contributed by atoms with E-state index in [0.29, 0.717) is 17.6 Å². The van der Waals surface area contributed by atoms with Crippen molar-refractivity contribution in [3.8, 4) is 0 Å². The maximum atomic E-state index is 12.5. The molecular weight excluding hydrogens is 376 g/mol. The second-order valence-corrected chi connectivity index (χ2v) is 8.66. The van der Waals surface area contributed by atoms with Crippen LogP contribution in [0.4, 0.5) is 0 Å². The molecule has 0 aromatic carbocycles. The Morgan fingerprint density at radius 2 is 2.24 bits per heavy atom. The van der Waals surface area contributed by atoms with E-state index in [1.165, 1.54) is 0 Å². The zero-order valence-corrected chi connectivity index (χ0v) is 15.4. The SMILES string of the molecule is CCNCc1cc(S(=O)(=O)NC2CCC(SC)C2)c(Br)o1. The minimum atomic E-state index is -3.54. The molecule has 0 aliphatic heterocycles. The monoisotopic (exact) mass is 396 g/mol. The van der Waals surface area contributed by atoms with Gasteiger partial charge in [-0.15, -0.1) is 0 Å². The molecule has 2 atom stereocenters. The number of furan rings is 1. The van der Waals surface area contributed by atoms with E-state index in [1.54, 1.807) is 17.8 Å². The van der Waals surface area contributed by atoms with Crippen molar-refractivity contribution < 1.29 is 12.8 Å². The molecule has 1 aromatic rings. The molecule has 21 heavy (non-hydrogen) atoms. The highest BCUT2D eigenvalue weighted by Crippen LogP contribution is 2.31. The molecule has 2 N–H and O–H groups in total. The normalized spacial score (nSPS) is 22.8. The van der Waals surface area contributed by atoms with Crippen molar-refractivity contribution >= 4 is 37.7 Å². The fourth-order valence-electron chi connectivity index (χ4n) is 2.46. The van der Waals surface area contributed by atoms with Crippen LogP contribution < -0.4 is 10.0 Å². The van der Waals surface area contributed by atoms with Gasteiger partial charge < -0.3 is 9.73 Å². The summed E-state index contributed by atoms with van der Waals surface area (Å²) < 4.78 is 33.4. The van der Waals surface area contributed by atoms with Crippen LogP contribution in [0.25, 0.3) is 0 Å². The standard InChI is InChI=1S/C13H21BrN2O3S2/c1-3-15-8-10-7-12(13(14)19-10)21(17,18)16-9-4-5-11(6-9)20-2/h7,9,11,15-16H,3-6,8H2,1-2H3. The smallest absolute Gasteiger partial charge is 0.245 e. The van der Waals surface area contributed by atoms with Gasteiger partial charge >= 0.3 is 0 Å². The first-order valence-corrected chi connectivity index (χ1v) is 10.6. The van der Waals surface area contributed by atoms with Gasteiger partial charge in [0.1, 0.15) is 10.7 Å². The Labute approximate surface area is 138 Å². The summed E-state index contributed by atoms with van der Waals surface area (Å²) in [5.74, 6) is 0.609. The van der Waals surface area contributed by atoms with Crippen LogP contribution in [0.3, 0.4) is 0 Å². The molecule has 1 aromatic heterocycles.